The highest BCUT2D eigenvalue weighted by molar-refractivity contribution is 9.11. The lowest BCUT2D eigenvalue weighted by atomic mass is 10.6. The van der Waals surface area contributed by atoms with Crippen LogP contribution in [0, 0.1) is 6.92 Å². The molecule has 4 nitrogen and oxygen atoms in total. The molecule has 0 saturated heterocycles. The first-order chi connectivity index (χ1) is 6.30. The molecule has 0 fully saturated rings. The van der Waals surface area contributed by atoms with Gasteiger partial charge < -0.3 is 4.57 Å². The monoisotopic (exact) mass is 298 g/mol. The number of aryl methyl sites for hydroxylation is 1. The standard InChI is InChI=1S/C7H8BrClN2O2S/c1-5(8)3-11-4-7(10-6(11)2)14(9,12)13/h4H,1,3H2,2H3. The van der Waals surface area contributed by atoms with Crippen molar-refractivity contribution in [1.29, 1.82) is 0 Å². The zero-order chi connectivity index (χ0) is 10.9. The molecule has 0 unspecified atom stereocenters. The molecule has 0 N–H and O–H groups in total. The summed E-state index contributed by atoms with van der Waals surface area (Å²) in [5, 5.41) is -0.134. The number of hydrogen-bond donors (Lipinski definition) is 0. The summed E-state index contributed by atoms with van der Waals surface area (Å²) >= 11 is 3.18. The Hall–Kier alpha value is -0.330. The van der Waals surface area contributed by atoms with Crippen molar-refractivity contribution in [3.63, 3.8) is 0 Å². The molecule has 1 aromatic rings. The van der Waals surface area contributed by atoms with Gasteiger partial charge in [0, 0.05) is 21.4 Å². The molecule has 0 radical (unpaired) electrons. The van der Waals surface area contributed by atoms with E-state index in [0.29, 0.717) is 12.4 Å². The van der Waals surface area contributed by atoms with Crippen LogP contribution in [-0.4, -0.2) is 18.0 Å². The Morgan fingerprint density at radius 1 is 1.79 bits per heavy atom. The molecule has 0 aliphatic rings. The minimum atomic E-state index is -3.74. The number of halogens is 2. The Morgan fingerprint density at radius 2 is 2.36 bits per heavy atom. The zero-order valence-electron chi connectivity index (χ0n) is 7.37. The Labute approximate surface area is 95.1 Å². The van der Waals surface area contributed by atoms with E-state index in [1.165, 1.54) is 6.20 Å². The summed E-state index contributed by atoms with van der Waals surface area (Å²) in [4.78, 5) is 3.82. The van der Waals surface area contributed by atoms with Crippen LogP contribution in [0.25, 0.3) is 0 Å². The van der Waals surface area contributed by atoms with Crippen molar-refractivity contribution in [3.8, 4) is 0 Å². The molecule has 0 aliphatic carbocycles. The van der Waals surface area contributed by atoms with E-state index in [2.05, 4.69) is 27.5 Å². The van der Waals surface area contributed by atoms with Crippen LogP contribution in [0.15, 0.2) is 22.3 Å². The third-order valence-electron chi connectivity index (χ3n) is 1.55. The minimum absolute atomic E-state index is 0.134. The summed E-state index contributed by atoms with van der Waals surface area (Å²) < 4.78 is 24.3. The first-order valence-corrected chi connectivity index (χ1v) is 6.72. The van der Waals surface area contributed by atoms with Gasteiger partial charge in [0.15, 0.2) is 5.03 Å². The maximum Gasteiger partial charge on any atom is 0.280 e. The van der Waals surface area contributed by atoms with Crippen molar-refractivity contribution in [2.75, 3.05) is 0 Å². The normalized spacial score (nSPS) is 11.6. The van der Waals surface area contributed by atoms with Gasteiger partial charge in [0.1, 0.15) is 5.82 Å². The molecule has 1 rings (SSSR count). The van der Waals surface area contributed by atoms with Gasteiger partial charge in [0.25, 0.3) is 9.05 Å². The molecule has 1 heterocycles. The van der Waals surface area contributed by atoms with E-state index in [9.17, 15) is 8.42 Å². The third kappa shape index (κ3) is 2.83. The number of imidazole rings is 1. The van der Waals surface area contributed by atoms with Gasteiger partial charge >= 0.3 is 0 Å². The molecule has 0 atom stereocenters. The fraction of sp³-hybridized carbons (Fsp3) is 0.286. The third-order valence-corrected chi connectivity index (χ3v) is 2.97. The van der Waals surface area contributed by atoms with Crippen LogP contribution >= 0.6 is 26.6 Å². The van der Waals surface area contributed by atoms with Crippen molar-refractivity contribution >= 4 is 35.7 Å². The second-order valence-corrected chi connectivity index (χ2v) is 6.34. The van der Waals surface area contributed by atoms with Gasteiger partial charge in [-0.05, 0) is 6.92 Å². The van der Waals surface area contributed by atoms with Gasteiger partial charge in [0.05, 0.1) is 6.54 Å². The van der Waals surface area contributed by atoms with Crippen LogP contribution in [0.1, 0.15) is 5.82 Å². The largest absolute Gasteiger partial charge is 0.329 e. The van der Waals surface area contributed by atoms with E-state index in [1.807, 2.05) is 0 Å². The fourth-order valence-corrected chi connectivity index (χ4v) is 1.93. The van der Waals surface area contributed by atoms with E-state index in [-0.39, 0.29) is 5.03 Å². The highest BCUT2D eigenvalue weighted by Crippen LogP contribution is 2.15. The van der Waals surface area contributed by atoms with Gasteiger partial charge in [-0.3, -0.25) is 0 Å². The van der Waals surface area contributed by atoms with Gasteiger partial charge in [0.2, 0.25) is 0 Å². The number of hydrogen-bond acceptors (Lipinski definition) is 3. The molecule has 0 bridgehead atoms. The molecule has 0 amide bonds. The molecule has 0 aliphatic heterocycles. The van der Waals surface area contributed by atoms with E-state index in [1.54, 1.807) is 11.5 Å². The van der Waals surface area contributed by atoms with Crippen molar-refractivity contribution in [2.45, 2.75) is 18.5 Å². The summed E-state index contributed by atoms with van der Waals surface area (Å²) in [5.41, 5.74) is 0. The quantitative estimate of drug-likeness (QED) is 0.803. The van der Waals surface area contributed by atoms with E-state index >= 15 is 0 Å². The molecule has 1 aromatic heterocycles. The number of aromatic nitrogens is 2. The maximum atomic E-state index is 10.9. The van der Waals surface area contributed by atoms with Crippen molar-refractivity contribution in [2.24, 2.45) is 0 Å². The van der Waals surface area contributed by atoms with Crippen LogP contribution in [0.2, 0.25) is 0 Å². The lowest BCUT2D eigenvalue weighted by molar-refractivity contribution is 0.606. The summed E-state index contributed by atoms with van der Waals surface area (Å²) in [6.07, 6.45) is 1.38. The molecular formula is C7H8BrClN2O2S. The highest BCUT2D eigenvalue weighted by atomic mass is 79.9. The Bertz CT molecular complexity index is 466. The van der Waals surface area contributed by atoms with Crippen molar-refractivity contribution in [3.05, 3.63) is 23.1 Å². The first-order valence-electron chi connectivity index (χ1n) is 3.62. The molecule has 14 heavy (non-hydrogen) atoms. The molecule has 78 valence electrons. The van der Waals surface area contributed by atoms with E-state index in [4.69, 9.17) is 10.7 Å². The second kappa shape index (κ2) is 4.04. The average molecular weight is 300 g/mol. The maximum absolute atomic E-state index is 10.9. The first kappa shape index (κ1) is 11.7. The topological polar surface area (TPSA) is 52.0 Å². The van der Waals surface area contributed by atoms with Crippen LogP contribution in [0.4, 0.5) is 0 Å². The van der Waals surface area contributed by atoms with E-state index in [0.717, 1.165) is 4.48 Å². The van der Waals surface area contributed by atoms with Gasteiger partial charge in [-0.1, -0.05) is 22.5 Å². The Morgan fingerprint density at radius 3 is 2.71 bits per heavy atom. The number of allylic oxidation sites excluding steroid dienone is 1. The molecule has 0 spiro atoms. The summed E-state index contributed by atoms with van der Waals surface area (Å²) in [5.74, 6) is 0.574. The van der Waals surface area contributed by atoms with Crippen LogP contribution in [0.3, 0.4) is 0 Å². The van der Waals surface area contributed by atoms with Crippen LogP contribution in [0.5, 0.6) is 0 Å². The number of rotatable bonds is 3. The highest BCUT2D eigenvalue weighted by Gasteiger charge is 2.15. The molecule has 0 aromatic carbocycles. The molecule has 7 heteroatoms. The summed E-state index contributed by atoms with van der Waals surface area (Å²) in [6, 6.07) is 0. The smallest absolute Gasteiger partial charge is 0.280 e. The summed E-state index contributed by atoms with van der Waals surface area (Å²) in [6.45, 7) is 5.81. The van der Waals surface area contributed by atoms with Gasteiger partial charge in [-0.25, -0.2) is 13.4 Å². The van der Waals surface area contributed by atoms with Crippen molar-refractivity contribution < 1.29 is 8.42 Å². The predicted octanol–water partition coefficient (Wildman–Crippen LogP) is 2.03. The minimum Gasteiger partial charge on any atom is -0.329 e. The lowest BCUT2D eigenvalue weighted by Gasteiger charge is -2.00. The van der Waals surface area contributed by atoms with Crippen molar-refractivity contribution in [1.82, 2.24) is 9.55 Å². The van der Waals surface area contributed by atoms with Gasteiger partial charge in [-0.2, -0.15) is 0 Å². The van der Waals surface area contributed by atoms with Crippen LogP contribution in [-0.2, 0) is 15.6 Å². The second-order valence-electron chi connectivity index (χ2n) is 2.71. The SMILES string of the molecule is C=C(Br)Cn1cc(S(=O)(=O)Cl)nc1C. The predicted molar refractivity (Wildman–Crippen MR) is 58.1 cm³/mol. The summed E-state index contributed by atoms with van der Waals surface area (Å²) in [7, 11) is 1.40. The number of nitrogens with zero attached hydrogens (tertiary/aromatic N) is 2. The van der Waals surface area contributed by atoms with Crippen LogP contribution < -0.4 is 0 Å². The Balaban J connectivity index is 3.12. The molecular weight excluding hydrogens is 292 g/mol. The fourth-order valence-electron chi connectivity index (χ4n) is 0.942. The van der Waals surface area contributed by atoms with E-state index < -0.39 is 9.05 Å². The lowest BCUT2D eigenvalue weighted by Crippen LogP contribution is -1.97. The average Bonchev–Trinajstić information content (AvgIpc) is 2.30. The Kier molecular flexibility index (Phi) is 3.39. The van der Waals surface area contributed by atoms with Gasteiger partial charge in [-0.15, -0.1) is 0 Å². The zero-order valence-corrected chi connectivity index (χ0v) is 10.5. The molecule has 0 saturated carbocycles.